The number of likely N-dealkylation sites (N-methyl/N-ethyl adjacent to an activating group) is 2. The number of nitrogens with zero attached hydrogens (tertiary/aromatic N) is 4. The van der Waals surface area contributed by atoms with Crippen LogP contribution in [0.3, 0.4) is 0 Å². The maximum absolute atomic E-state index is 13.7. The summed E-state index contributed by atoms with van der Waals surface area (Å²) in [6.07, 6.45) is 1.21. The van der Waals surface area contributed by atoms with E-state index in [-0.39, 0.29) is 31.7 Å². The molecule has 0 aliphatic heterocycles. The van der Waals surface area contributed by atoms with Gasteiger partial charge in [-0.15, -0.1) is 11.8 Å². The van der Waals surface area contributed by atoms with Gasteiger partial charge in [0.05, 0.1) is 5.60 Å². The molecule has 0 spiro atoms. The summed E-state index contributed by atoms with van der Waals surface area (Å²) in [6.45, 7) is 5.30. The molecule has 3 atom stereocenters. The highest BCUT2D eigenvalue weighted by Gasteiger charge is 2.39. The summed E-state index contributed by atoms with van der Waals surface area (Å²) < 4.78 is 0. The number of hydrogen-bond donors (Lipinski definition) is 6. The van der Waals surface area contributed by atoms with Crippen molar-refractivity contribution >= 4 is 59.6 Å². The third-order valence-corrected chi connectivity index (χ3v) is 7.76. The lowest BCUT2D eigenvalue weighted by molar-refractivity contribution is -0.145. The lowest BCUT2D eigenvalue weighted by Crippen LogP contribution is -2.58. The quantitative estimate of drug-likeness (QED) is 0.144. The first kappa shape index (κ1) is 41.0. The highest BCUT2D eigenvalue weighted by molar-refractivity contribution is 8.00. The van der Waals surface area contributed by atoms with Crippen molar-refractivity contribution in [3.8, 4) is 0 Å². The minimum Gasteiger partial charge on any atom is -0.390 e. The van der Waals surface area contributed by atoms with Crippen molar-refractivity contribution in [3.63, 3.8) is 0 Å². The van der Waals surface area contributed by atoms with Crippen molar-refractivity contribution < 1.29 is 43.5 Å². The fraction of sp³-hybridized carbons (Fsp3) is 0.692. The van der Waals surface area contributed by atoms with Crippen LogP contribution in [0.25, 0.3) is 0 Å². The molecule has 13 amide bonds. The van der Waals surface area contributed by atoms with Gasteiger partial charge in [0.2, 0.25) is 5.91 Å². The largest absolute Gasteiger partial charge is 0.390 e. The van der Waals surface area contributed by atoms with E-state index >= 15 is 0 Å². The molecule has 0 heterocycles. The Kier molecular flexibility index (Phi) is 17.7. The molecule has 0 bridgehead atoms. The topological polar surface area (TPSA) is 244 Å². The van der Waals surface area contributed by atoms with Gasteiger partial charge in [-0.2, -0.15) is 0 Å². The van der Waals surface area contributed by atoms with Crippen LogP contribution >= 0.6 is 11.8 Å². The molecule has 256 valence electrons. The number of thioether (sulfide) groups is 1. The van der Waals surface area contributed by atoms with Gasteiger partial charge in [0.1, 0.15) is 6.04 Å². The van der Waals surface area contributed by atoms with Gasteiger partial charge in [0.15, 0.2) is 5.37 Å². The van der Waals surface area contributed by atoms with E-state index in [0.717, 1.165) is 30.8 Å². The van der Waals surface area contributed by atoms with Crippen LogP contribution in [-0.2, 0) is 14.4 Å². The van der Waals surface area contributed by atoms with E-state index in [9.17, 15) is 43.5 Å². The van der Waals surface area contributed by atoms with E-state index in [4.69, 9.17) is 5.73 Å². The predicted octanol–water partition coefficient (Wildman–Crippen LogP) is 0.00950. The second kappa shape index (κ2) is 19.4. The first-order valence-corrected chi connectivity index (χ1v) is 15.2. The maximum Gasteiger partial charge on any atom is 0.333 e. The summed E-state index contributed by atoms with van der Waals surface area (Å²) >= 11 is 1.09. The fourth-order valence-corrected chi connectivity index (χ4v) is 4.87. The minimum absolute atomic E-state index is 0.183. The van der Waals surface area contributed by atoms with Crippen LogP contribution < -0.4 is 27.0 Å². The van der Waals surface area contributed by atoms with Crippen molar-refractivity contribution in [3.05, 3.63) is 0 Å². The molecular formula is C26H47N9O9S. The lowest BCUT2D eigenvalue weighted by Gasteiger charge is -2.36. The second-order valence-corrected chi connectivity index (χ2v) is 11.5. The van der Waals surface area contributed by atoms with Gasteiger partial charge in [-0.1, -0.05) is 20.3 Å². The van der Waals surface area contributed by atoms with Crippen LogP contribution in [-0.4, -0.2) is 137 Å². The van der Waals surface area contributed by atoms with Crippen molar-refractivity contribution in [1.29, 1.82) is 0 Å². The number of nitrogens with two attached hydrogens (primary N) is 1. The molecular weight excluding hydrogens is 614 g/mol. The molecule has 0 saturated carbocycles. The molecule has 45 heavy (non-hydrogen) atoms. The van der Waals surface area contributed by atoms with Crippen LogP contribution in [0.15, 0.2) is 0 Å². The molecule has 0 rings (SSSR count). The van der Waals surface area contributed by atoms with E-state index in [1.165, 1.54) is 33.0 Å². The number of urea groups is 5. The Balaban J connectivity index is 5.95. The second-order valence-electron chi connectivity index (χ2n) is 10.3. The van der Waals surface area contributed by atoms with Crippen LogP contribution in [0.2, 0.25) is 0 Å². The highest BCUT2D eigenvalue weighted by atomic mass is 32.2. The first-order valence-electron chi connectivity index (χ1n) is 14.1. The van der Waals surface area contributed by atoms with E-state index < -0.39 is 59.0 Å². The van der Waals surface area contributed by atoms with E-state index in [1.54, 1.807) is 10.6 Å². The van der Waals surface area contributed by atoms with Crippen molar-refractivity contribution in [2.24, 2.45) is 5.73 Å². The number of carbonyl (C=O) groups is 8. The van der Waals surface area contributed by atoms with E-state index in [1.807, 2.05) is 19.2 Å². The van der Waals surface area contributed by atoms with Crippen LogP contribution in [0.5, 0.6) is 0 Å². The number of imide groups is 5. The molecule has 18 nitrogen and oxygen atoms in total. The minimum atomic E-state index is -1.45. The van der Waals surface area contributed by atoms with E-state index in [0.29, 0.717) is 28.4 Å². The van der Waals surface area contributed by atoms with Crippen molar-refractivity contribution in [2.45, 2.75) is 69.9 Å². The zero-order valence-corrected chi connectivity index (χ0v) is 27.9. The molecule has 0 aliphatic rings. The van der Waals surface area contributed by atoms with Gasteiger partial charge < -0.3 is 26.0 Å². The van der Waals surface area contributed by atoms with Crippen molar-refractivity contribution in [2.75, 3.05) is 47.5 Å². The van der Waals surface area contributed by atoms with Crippen LogP contribution in [0.1, 0.15) is 52.9 Å². The summed E-state index contributed by atoms with van der Waals surface area (Å²) in [6, 6.07) is -7.47. The molecule has 19 heteroatoms. The maximum atomic E-state index is 13.7. The monoisotopic (exact) mass is 661 g/mol. The Morgan fingerprint density at radius 2 is 1.33 bits per heavy atom. The molecule has 7 N–H and O–H groups in total. The molecule has 0 aliphatic carbocycles. The van der Waals surface area contributed by atoms with Gasteiger partial charge in [-0.25, -0.2) is 33.8 Å². The lowest BCUT2D eigenvalue weighted by atomic mass is 9.91. The van der Waals surface area contributed by atoms with Crippen LogP contribution in [0.4, 0.5) is 24.0 Å². The Labute approximate surface area is 267 Å². The van der Waals surface area contributed by atoms with Gasteiger partial charge in [-0.05, 0) is 19.8 Å². The Morgan fingerprint density at radius 1 is 0.822 bits per heavy atom. The SMILES string of the molecule is CCCC(=O)N(C)[C@H](SCCN)C(=O)N(C)[C@@H](CC(C)(O)CCC)C(=O)NC(=O)N(C)C(=O)NC(=O)NC(=O)N(C)C(=O)NC. The number of nitrogens with one attached hydrogen (secondary N) is 4. The van der Waals surface area contributed by atoms with Crippen molar-refractivity contribution in [1.82, 2.24) is 40.9 Å². The number of aliphatic hydroxyl groups is 1. The van der Waals surface area contributed by atoms with Gasteiger partial charge >= 0.3 is 30.2 Å². The van der Waals surface area contributed by atoms with Crippen LogP contribution in [0, 0.1) is 0 Å². The zero-order chi connectivity index (χ0) is 35.1. The normalized spacial score (nSPS) is 13.2. The smallest absolute Gasteiger partial charge is 0.333 e. The van der Waals surface area contributed by atoms with Gasteiger partial charge in [-0.3, -0.25) is 30.3 Å². The summed E-state index contributed by atoms with van der Waals surface area (Å²) in [4.78, 5) is 104. The fourth-order valence-electron chi connectivity index (χ4n) is 3.86. The summed E-state index contributed by atoms with van der Waals surface area (Å²) in [5.74, 6) is -1.70. The number of hydrogen-bond acceptors (Lipinski definition) is 11. The molecule has 1 unspecified atom stereocenters. The third kappa shape index (κ3) is 13.3. The Morgan fingerprint density at radius 3 is 1.80 bits per heavy atom. The zero-order valence-electron chi connectivity index (χ0n) is 27.1. The van der Waals surface area contributed by atoms with Gasteiger partial charge in [0.25, 0.3) is 11.8 Å². The summed E-state index contributed by atoms with van der Waals surface area (Å²) in [7, 11) is 5.98. The summed E-state index contributed by atoms with van der Waals surface area (Å²) in [5, 5.41) is 17.4. The molecule has 0 aromatic rings. The predicted molar refractivity (Wildman–Crippen MR) is 166 cm³/mol. The molecule has 0 aromatic carbocycles. The highest BCUT2D eigenvalue weighted by Crippen LogP contribution is 2.24. The molecule has 0 saturated heterocycles. The van der Waals surface area contributed by atoms with E-state index in [2.05, 4.69) is 5.32 Å². The average Bonchev–Trinajstić information content (AvgIpc) is 2.97. The number of carbonyl (C=O) groups excluding carboxylic acids is 8. The third-order valence-electron chi connectivity index (χ3n) is 6.46. The molecule has 0 fully saturated rings. The van der Waals surface area contributed by atoms with Gasteiger partial charge in [0, 0.05) is 60.4 Å². The Hall–Kier alpha value is -3.97. The molecule has 0 aromatic heterocycles. The Bertz CT molecular complexity index is 1110. The first-order chi connectivity index (χ1) is 20.9. The summed E-state index contributed by atoms with van der Waals surface area (Å²) in [5.41, 5.74) is 4.17. The number of rotatable bonds is 13. The standard InChI is InChI=1S/C26H47N9O9S/c1-9-11-17(36)33(6)20(45-14-13-27)19(38)32(5)16(15-26(3,44)12-10-2)18(37)29-23(41)35(8)25(43)31-21(39)30-24(42)34(7)22(40)28-4/h16,20,44H,9-15,27H2,1-8H3,(H,28,40)(H,29,37,41)(H2,30,31,39,42,43)/t16-,20+,26?/m0/s1. The average molecular weight is 662 g/mol. The number of amides is 13. The molecule has 0 radical (unpaired) electrons.